The quantitative estimate of drug-likeness (QED) is 0.886. The van der Waals surface area contributed by atoms with Crippen LogP contribution in [0.2, 0.25) is 0 Å². The maximum atomic E-state index is 3.73. The molecule has 1 heterocycles. The molecule has 0 amide bonds. The van der Waals surface area contributed by atoms with Crippen LogP contribution in [0.4, 0.5) is 0 Å². The van der Waals surface area contributed by atoms with Crippen molar-refractivity contribution in [1.29, 1.82) is 0 Å². The van der Waals surface area contributed by atoms with Gasteiger partial charge in [0.25, 0.3) is 0 Å². The van der Waals surface area contributed by atoms with Crippen molar-refractivity contribution in [3.63, 3.8) is 0 Å². The van der Waals surface area contributed by atoms with E-state index in [1.807, 2.05) is 0 Å². The molecule has 0 radical (unpaired) electrons. The minimum atomic E-state index is 0.663. The molecule has 0 aromatic heterocycles. The Kier molecular flexibility index (Phi) is 6.06. The largest absolute Gasteiger partial charge is 0.313 e. The molecule has 1 saturated heterocycles. The van der Waals surface area contributed by atoms with E-state index < -0.39 is 0 Å². The molecule has 1 aromatic carbocycles. The summed E-state index contributed by atoms with van der Waals surface area (Å²) in [7, 11) is 0. The van der Waals surface area contributed by atoms with Gasteiger partial charge in [0.05, 0.1) is 0 Å². The minimum Gasteiger partial charge on any atom is -0.313 e. The predicted octanol–water partition coefficient (Wildman–Crippen LogP) is 3.33. The SMILES string of the molecule is CC(C)CC1CN(CCc2ccccc2)C(C)CCN1. The molecule has 2 nitrogen and oxygen atoms in total. The average molecular weight is 274 g/mol. The van der Waals surface area contributed by atoms with Gasteiger partial charge in [0.15, 0.2) is 0 Å². The van der Waals surface area contributed by atoms with Crippen LogP contribution in [0.1, 0.15) is 39.2 Å². The molecule has 0 saturated carbocycles. The summed E-state index contributed by atoms with van der Waals surface area (Å²) < 4.78 is 0. The van der Waals surface area contributed by atoms with E-state index in [9.17, 15) is 0 Å². The minimum absolute atomic E-state index is 0.663. The van der Waals surface area contributed by atoms with Gasteiger partial charge in [-0.15, -0.1) is 0 Å². The topological polar surface area (TPSA) is 15.3 Å². The normalized spacial score (nSPS) is 24.8. The lowest BCUT2D eigenvalue weighted by atomic mass is 10.0. The number of hydrogen-bond acceptors (Lipinski definition) is 2. The zero-order valence-electron chi connectivity index (χ0n) is 13.3. The molecule has 1 aliphatic rings. The maximum Gasteiger partial charge on any atom is 0.0197 e. The predicted molar refractivity (Wildman–Crippen MR) is 87.0 cm³/mol. The lowest BCUT2D eigenvalue weighted by molar-refractivity contribution is 0.200. The summed E-state index contributed by atoms with van der Waals surface area (Å²) in [5, 5.41) is 3.73. The van der Waals surface area contributed by atoms with Gasteiger partial charge in [0.2, 0.25) is 0 Å². The van der Waals surface area contributed by atoms with Gasteiger partial charge < -0.3 is 5.32 Å². The van der Waals surface area contributed by atoms with Crippen molar-refractivity contribution < 1.29 is 0 Å². The van der Waals surface area contributed by atoms with Gasteiger partial charge in [0, 0.05) is 25.2 Å². The Morgan fingerprint density at radius 2 is 2.00 bits per heavy atom. The molecule has 1 N–H and O–H groups in total. The maximum absolute atomic E-state index is 3.73. The van der Waals surface area contributed by atoms with E-state index >= 15 is 0 Å². The average Bonchev–Trinajstić information content (AvgIpc) is 2.59. The second-order valence-electron chi connectivity index (χ2n) is 6.65. The molecule has 0 spiro atoms. The molecule has 112 valence electrons. The summed E-state index contributed by atoms with van der Waals surface area (Å²) in [5.41, 5.74) is 1.46. The Morgan fingerprint density at radius 1 is 1.25 bits per heavy atom. The van der Waals surface area contributed by atoms with E-state index in [1.165, 1.54) is 44.5 Å². The van der Waals surface area contributed by atoms with Crippen LogP contribution in [-0.4, -0.2) is 36.6 Å². The lowest BCUT2D eigenvalue weighted by Crippen LogP contribution is -2.41. The number of rotatable bonds is 5. The number of benzene rings is 1. The second-order valence-corrected chi connectivity index (χ2v) is 6.65. The molecule has 2 atom stereocenters. The second kappa shape index (κ2) is 7.80. The third kappa shape index (κ3) is 4.92. The highest BCUT2D eigenvalue weighted by atomic mass is 15.2. The Hall–Kier alpha value is -0.860. The van der Waals surface area contributed by atoms with Crippen molar-refractivity contribution in [2.24, 2.45) is 5.92 Å². The highest BCUT2D eigenvalue weighted by Gasteiger charge is 2.22. The monoisotopic (exact) mass is 274 g/mol. The molecule has 1 aromatic rings. The van der Waals surface area contributed by atoms with Crippen LogP contribution in [0.15, 0.2) is 30.3 Å². The molecule has 2 heteroatoms. The fraction of sp³-hybridized carbons (Fsp3) is 0.667. The molecule has 2 rings (SSSR count). The van der Waals surface area contributed by atoms with Gasteiger partial charge in [-0.25, -0.2) is 0 Å². The van der Waals surface area contributed by atoms with Crippen molar-refractivity contribution in [2.45, 2.75) is 52.1 Å². The van der Waals surface area contributed by atoms with Crippen LogP contribution in [0, 0.1) is 5.92 Å². The van der Waals surface area contributed by atoms with Gasteiger partial charge >= 0.3 is 0 Å². The Labute approximate surface area is 124 Å². The standard InChI is InChI=1S/C18H30N2/c1-15(2)13-18-14-20(16(3)9-11-19-18)12-10-17-7-5-4-6-8-17/h4-8,15-16,18-19H,9-14H2,1-3H3. The third-order valence-corrected chi connectivity index (χ3v) is 4.36. The van der Waals surface area contributed by atoms with Crippen LogP contribution >= 0.6 is 0 Å². The smallest absolute Gasteiger partial charge is 0.0197 e. The molecule has 2 unspecified atom stereocenters. The van der Waals surface area contributed by atoms with E-state index in [2.05, 4.69) is 61.3 Å². The van der Waals surface area contributed by atoms with Crippen LogP contribution in [-0.2, 0) is 6.42 Å². The highest BCUT2D eigenvalue weighted by Crippen LogP contribution is 2.14. The molecule has 0 aliphatic carbocycles. The van der Waals surface area contributed by atoms with Crippen LogP contribution in [0.25, 0.3) is 0 Å². The third-order valence-electron chi connectivity index (χ3n) is 4.36. The Bertz CT molecular complexity index is 374. The fourth-order valence-corrected chi connectivity index (χ4v) is 3.16. The van der Waals surface area contributed by atoms with Crippen molar-refractivity contribution in [1.82, 2.24) is 10.2 Å². The van der Waals surface area contributed by atoms with E-state index in [4.69, 9.17) is 0 Å². The first kappa shape index (κ1) is 15.5. The van der Waals surface area contributed by atoms with Gasteiger partial charge in [0.1, 0.15) is 0 Å². The summed E-state index contributed by atoms with van der Waals surface area (Å²) in [6, 6.07) is 12.2. The molecule has 1 aliphatic heterocycles. The van der Waals surface area contributed by atoms with Crippen LogP contribution in [0.3, 0.4) is 0 Å². The zero-order chi connectivity index (χ0) is 14.4. The van der Waals surface area contributed by atoms with Gasteiger partial charge in [-0.05, 0) is 44.2 Å². The van der Waals surface area contributed by atoms with Crippen molar-refractivity contribution in [2.75, 3.05) is 19.6 Å². The first-order valence-corrected chi connectivity index (χ1v) is 8.16. The van der Waals surface area contributed by atoms with E-state index in [0.29, 0.717) is 12.1 Å². The molecular weight excluding hydrogens is 244 g/mol. The van der Waals surface area contributed by atoms with E-state index in [1.54, 1.807) is 0 Å². The summed E-state index contributed by atoms with van der Waals surface area (Å²) in [6.07, 6.45) is 3.72. The first-order valence-electron chi connectivity index (χ1n) is 8.16. The first-order chi connectivity index (χ1) is 9.65. The zero-order valence-corrected chi connectivity index (χ0v) is 13.3. The number of nitrogens with zero attached hydrogens (tertiary/aromatic N) is 1. The van der Waals surface area contributed by atoms with Gasteiger partial charge in [-0.2, -0.15) is 0 Å². The van der Waals surface area contributed by atoms with Gasteiger partial charge in [-0.1, -0.05) is 44.2 Å². The van der Waals surface area contributed by atoms with Crippen molar-refractivity contribution >= 4 is 0 Å². The van der Waals surface area contributed by atoms with Crippen molar-refractivity contribution in [3.8, 4) is 0 Å². The summed E-state index contributed by atoms with van der Waals surface area (Å²) in [5.74, 6) is 0.775. The highest BCUT2D eigenvalue weighted by molar-refractivity contribution is 5.14. The van der Waals surface area contributed by atoms with E-state index in [-0.39, 0.29) is 0 Å². The van der Waals surface area contributed by atoms with Crippen molar-refractivity contribution in [3.05, 3.63) is 35.9 Å². The number of nitrogens with one attached hydrogen (secondary N) is 1. The summed E-state index contributed by atoms with van der Waals surface area (Å²) in [6.45, 7) is 10.6. The molecule has 20 heavy (non-hydrogen) atoms. The summed E-state index contributed by atoms with van der Waals surface area (Å²) >= 11 is 0. The lowest BCUT2D eigenvalue weighted by Gasteiger charge is -2.29. The molecular formula is C18H30N2. The van der Waals surface area contributed by atoms with Crippen LogP contribution in [0.5, 0.6) is 0 Å². The fourth-order valence-electron chi connectivity index (χ4n) is 3.16. The van der Waals surface area contributed by atoms with E-state index in [0.717, 1.165) is 5.92 Å². The Balaban J connectivity index is 1.89. The molecule has 1 fully saturated rings. The van der Waals surface area contributed by atoms with Gasteiger partial charge in [-0.3, -0.25) is 4.90 Å². The summed E-state index contributed by atoms with van der Waals surface area (Å²) in [4.78, 5) is 2.68. The number of hydrogen-bond donors (Lipinski definition) is 1. The Morgan fingerprint density at radius 3 is 2.70 bits per heavy atom. The molecule has 0 bridgehead atoms. The van der Waals surface area contributed by atoms with Crippen LogP contribution < -0.4 is 5.32 Å².